The fraction of sp³-hybridized carbons (Fsp3) is 0.308. The summed E-state index contributed by atoms with van der Waals surface area (Å²) in [7, 11) is 0. The Bertz CT molecular complexity index is 515. The van der Waals surface area contributed by atoms with Gasteiger partial charge in [-0.1, -0.05) is 25.5 Å². The zero-order valence-electron chi connectivity index (χ0n) is 12.3. The number of aromatic carboxylic acids is 2. The molecule has 0 saturated carbocycles. The van der Waals surface area contributed by atoms with Crippen molar-refractivity contribution < 1.29 is 88.4 Å². The molecule has 21 heavy (non-hydrogen) atoms. The van der Waals surface area contributed by atoms with Gasteiger partial charge in [-0.05, 0) is 12.5 Å². The van der Waals surface area contributed by atoms with Crippen molar-refractivity contribution in [3.63, 3.8) is 0 Å². The Morgan fingerprint density at radius 2 is 1.62 bits per heavy atom. The first-order chi connectivity index (χ1) is 8.99. The minimum absolute atomic E-state index is 0. The van der Waals surface area contributed by atoms with E-state index in [1.807, 2.05) is 6.92 Å². The summed E-state index contributed by atoms with van der Waals surface area (Å²) in [6, 6.07) is 3.45. The molecule has 0 saturated heterocycles. The van der Waals surface area contributed by atoms with Crippen LogP contribution in [0, 0.1) is 0 Å². The summed E-state index contributed by atoms with van der Waals surface area (Å²) >= 11 is 0. The molecule has 8 heteroatoms. The summed E-state index contributed by atoms with van der Waals surface area (Å²) in [5.41, 5.74) is -1.67. The minimum atomic E-state index is -1.76. The van der Waals surface area contributed by atoms with Crippen LogP contribution >= 0.6 is 0 Å². The Labute approximate surface area is 166 Å². The van der Waals surface area contributed by atoms with Gasteiger partial charge in [-0.15, -0.1) is 0 Å². The average Bonchev–Trinajstić information content (AvgIpc) is 2.37. The first kappa shape index (κ1) is 22.9. The van der Waals surface area contributed by atoms with E-state index in [-0.39, 0.29) is 71.3 Å². The van der Waals surface area contributed by atoms with Crippen molar-refractivity contribution in [2.24, 2.45) is 0 Å². The first-order valence-electron chi connectivity index (χ1n) is 5.71. The standard InChI is InChI=1S/C13H14O6.2Na/c1-2-3-7-19-13(18)9-6-4-5-8(11(14)15)10(9)12(16)17;;/h4-6H,2-3,7H2,1H3,(H,14,15)(H,16,17);;/q;2*+1/p-2. The van der Waals surface area contributed by atoms with Gasteiger partial charge in [0.15, 0.2) is 0 Å². The average molecular weight is 310 g/mol. The van der Waals surface area contributed by atoms with Crippen LogP contribution in [-0.2, 0) is 4.74 Å². The van der Waals surface area contributed by atoms with Crippen LogP contribution < -0.4 is 69.3 Å². The maximum Gasteiger partial charge on any atom is 1.00 e. The van der Waals surface area contributed by atoms with Crippen LogP contribution in [0.3, 0.4) is 0 Å². The summed E-state index contributed by atoms with van der Waals surface area (Å²) in [5, 5.41) is 21.8. The van der Waals surface area contributed by atoms with Gasteiger partial charge in [0.25, 0.3) is 0 Å². The van der Waals surface area contributed by atoms with Crippen LogP contribution in [0.15, 0.2) is 18.2 Å². The van der Waals surface area contributed by atoms with Crippen LogP contribution in [0.2, 0.25) is 0 Å². The van der Waals surface area contributed by atoms with Crippen molar-refractivity contribution in [3.05, 3.63) is 34.9 Å². The number of carboxylic acids is 2. The maximum atomic E-state index is 11.7. The van der Waals surface area contributed by atoms with Crippen molar-refractivity contribution >= 4 is 17.9 Å². The van der Waals surface area contributed by atoms with Crippen molar-refractivity contribution in [1.29, 1.82) is 0 Å². The molecule has 0 radical (unpaired) electrons. The van der Waals surface area contributed by atoms with E-state index < -0.39 is 29.0 Å². The van der Waals surface area contributed by atoms with Crippen LogP contribution in [0.25, 0.3) is 0 Å². The smallest absolute Gasteiger partial charge is 0.545 e. The molecule has 0 amide bonds. The summed E-state index contributed by atoms with van der Waals surface area (Å²) in [6.45, 7) is 2.04. The van der Waals surface area contributed by atoms with E-state index in [1.54, 1.807) is 0 Å². The van der Waals surface area contributed by atoms with E-state index in [0.29, 0.717) is 6.42 Å². The second kappa shape index (κ2) is 11.2. The molecule has 0 atom stereocenters. The number of carbonyl (C=O) groups is 3. The number of ether oxygens (including phenoxy) is 1. The van der Waals surface area contributed by atoms with E-state index in [2.05, 4.69) is 0 Å². The number of hydrogen-bond donors (Lipinski definition) is 0. The Hall–Kier alpha value is -0.370. The number of esters is 1. The molecule has 0 bridgehead atoms. The predicted molar refractivity (Wildman–Crippen MR) is 60.3 cm³/mol. The molecule has 0 spiro atoms. The van der Waals surface area contributed by atoms with Crippen LogP contribution in [0.1, 0.15) is 50.8 Å². The van der Waals surface area contributed by atoms with Gasteiger partial charge in [0, 0.05) is 11.1 Å². The predicted octanol–water partition coefficient (Wildman–Crippen LogP) is -6.62. The van der Waals surface area contributed by atoms with Gasteiger partial charge < -0.3 is 24.5 Å². The van der Waals surface area contributed by atoms with Gasteiger partial charge in [0.2, 0.25) is 0 Å². The zero-order valence-corrected chi connectivity index (χ0v) is 16.3. The van der Waals surface area contributed by atoms with Crippen molar-refractivity contribution in [2.45, 2.75) is 19.8 Å². The number of hydrogen-bond acceptors (Lipinski definition) is 6. The van der Waals surface area contributed by atoms with E-state index in [4.69, 9.17) is 4.74 Å². The summed E-state index contributed by atoms with van der Waals surface area (Å²) in [5.74, 6) is -4.35. The topological polar surface area (TPSA) is 107 Å². The number of rotatable bonds is 6. The van der Waals surface area contributed by atoms with Gasteiger partial charge in [-0.2, -0.15) is 0 Å². The Kier molecular flexibility index (Phi) is 12.2. The Morgan fingerprint density at radius 1 is 1.05 bits per heavy atom. The van der Waals surface area contributed by atoms with Crippen LogP contribution in [0.4, 0.5) is 0 Å². The molecule has 0 heterocycles. The summed E-state index contributed by atoms with van der Waals surface area (Å²) in [4.78, 5) is 33.5. The molecular formula is C13H12Na2O6. The molecule has 0 unspecified atom stereocenters. The number of carboxylic acid groups (broad SMARTS) is 2. The molecule has 0 fully saturated rings. The molecule has 1 aromatic carbocycles. The number of benzene rings is 1. The third-order valence-corrected chi connectivity index (χ3v) is 2.44. The van der Waals surface area contributed by atoms with Gasteiger partial charge in [0.1, 0.15) is 0 Å². The molecule has 0 N–H and O–H groups in total. The molecule has 102 valence electrons. The van der Waals surface area contributed by atoms with Crippen molar-refractivity contribution in [1.82, 2.24) is 0 Å². The molecule has 0 aliphatic carbocycles. The van der Waals surface area contributed by atoms with Crippen LogP contribution in [-0.4, -0.2) is 24.5 Å². The largest absolute Gasteiger partial charge is 1.00 e. The Balaban J connectivity index is 0. The Morgan fingerprint density at radius 3 is 2.10 bits per heavy atom. The molecule has 0 aromatic heterocycles. The van der Waals surface area contributed by atoms with Gasteiger partial charge in [-0.25, -0.2) is 4.79 Å². The van der Waals surface area contributed by atoms with Crippen molar-refractivity contribution in [3.8, 4) is 0 Å². The van der Waals surface area contributed by atoms with Crippen LogP contribution in [0.5, 0.6) is 0 Å². The third kappa shape index (κ3) is 6.50. The minimum Gasteiger partial charge on any atom is -0.545 e. The normalized spacial score (nSPS) is 9.00. The molecule has 1 aromatic rings. The summed E-state index contributed by atoms with van der Waals surface area (Å²) in [6.07, 6.45) is 1.44. The SMILES string of the molecule is CCCCOC(=O)c1cccc(C(=O)[O-])c1C(=O)[O-].[Na+].[Na+]. The second-order valence-corrected chi connectivity index (χ2v) is 3.79. The van der Waals surface area contributed by atoms with E-state index in [0.717, 1.165) is 12.5 Å². The molecule has 0 aliphatic rings. The fourth-order valence-electron chi connectivity index (χ4n) is 1.50. The van der Waals surface area contributed by atoms with Gasteiger partial charge in [-0.3, -0.25) is 0 Å². The van der Waals surface area contributed by atoms with Gasteiger partial charge >= 0.3 is 65.1 Å². The maximum absolute atomic E-state index is 11.7. The third-order valence-electron chi connectivity index (χ3n) is 2.44. The van der Waals surface area contributed by atoms with E-state index >= 15 is 0 Å². The number of unbranched alkanes of at least 4 members (excludes halogenated alkanes) is 1. The molecule has 1 rings (SSSR count). The monoisotopic (exact) mass is 310 g/mol. The molecular weight excluding hydrogens is 298 g/mol. The molecule has 6 nitrogen and oxygen atoms in total. The second-order valence-electron chi connectivity index (χ2n) is 3.79. The molecule has 0 aliphatic heterocycles. The van der Waals surface area contributed by atoms with Crippen molar-refractivity contribution in [2.75, 3.05) is 6.61 Å². The number of carbonyl (C=O) groups excluding carboxylic acids is 3. The summed E-state index contributed by atoms with van der Waals surface area (Å²) < 4.78 is 4.85. The zero-order chi connectivity index (χ0) is 14.4. The van der Waals surface area contributed by atoms with E-state index in [1.165, 1.54) is 12.1 Å². The quantitative estimate of drug-likeness (QED) is 0.294. The fourth-order valence-corrected chi connectivity index (χ4v) is 1.50. The van der Waals surface area contributed by atoms with Gasteiger partial charge in [0.05, 0.1) is 24.1 Å². The van der Waals surface area contributed by atoms with E-state index in [9.17, 15) is 24.6 Å². The first-order valence-corrected chi connectivity index (χ1v) is 5.71.